The molecule has 52 heavy (non-hydrogen) atoms. The Bertz CT molecular complexity index is 2920. The summed E-state index contributed by atoms with van der Waals surface area (Å²) in [6, 6.07) is 61.2. The van der Waals surface area contributed by atoms with Crippen molar-refractivity contribution in [3.05, 3.63) is 182 Å². The van der Waals surface area contributed by atoms with Crippen molar-refractivity contribution in [2.45, 2.75) is 0 Å². The second-order valence-corrected chi connectivity index (χ2v) is 13.0. The lowest BCUT2D eigenvalue weighted by molar-refractivity contribution is 1.18. The number of fused-ring (bicyclic) bond motifs is 6. The molecule has 0 bridgehead atoms. The van der Waals surface area contributed by atoms with Crippen molar-refractivity contribution in [1.29, 1.82) is 0 Å². The maximum Gasteiger partial charge on any atom is 0.160 e. The predicted molar refractivity (Wildman–Crippen MR) is 215 cm³/mol. The molecule has 3 heterocycles. The van der Waals surface area contributed by atoms with Gasteiger partial charge in [-0.25, -0.2) is 15.0 Å². The van der Waals surface area contributed by atoms with Gasteiger partial charge in [-0.05, 0) is 46.2 Å². The fraction of sp³-hybridized carbons (Fsp3) is 0. The van der Waals surface area contributed by atoms with Gasteiger partial charge >= 0.3 is 0 Å². The molecule has 0 N–H and O–H groups in total. The Hall–Kier alpha value is -7.04. The summed E-state index contributed by atoms with van der Waals surface area (Å²) in [5.74, 6) is 0.672. The molecule has 0 aliphatic carbocycles. The van der Waals surface area contributed by atoms with Gasteiger partial charge in [-0.15, -0.1) is 0 Å². The third-order valence-corrected chi connectivity index (χ3v) is 9.94. The summed E-state index contributed by atoms with van der Waals surface area (Å²) >= 11 is 0. The second kappa shape index (κ2) is 12.4. The molecule has 3 aromatic heterocycles. The van der Waals surface area contributed by atoms with Gasteiger partial charge in [-0.3, -0.25) is 4.98 Å². The van der Waals surface area contributed by atoms with Gasteiger partial charge in [0.25, 0.3) is 0 Å². The van der Waals surface area contributed by atoms with E-state index in [1.54, 1.807) is 0 Å². The third kappa shape index (κ3) is 5.09. The Morgan fingerprint density at radius 2 is 1.00 bits per heavy atom. The number of benzene rings is 7. The van der Waals surface area contributed by atoms with Crippen molar-refractivity contribution < 1.29 is 0 Å². The van der Waals surface area contributed by atoms with E-state index in [0.717, 1.165) is 72.1 Å². The number of nitrogens with zero attached hydrogens (tertiary/aromatic N) is 4. The number of para-hydroxylation sites is 1. The van der Waals surface area contributed by atoms with E-state index in [4.69, 9.17) is 19.9 Å². The van der Waals surface area contributed by atoms with Crippen molar-refractivity contribution >= 4 is 43.4 Å². The van der Waals surface area contributed by atoms with Crippen molar-refractivity contribution in [3.63, 3.8) is 0 Å². The monoisotopic (exact) mass is 662 g/mol. The summed E-state index contributed by atoms with van der Waals surface area (Å²) in [6.07, 6.45) is 1.86. The van der Waals surface area contributed by atoms with Gasteiger partial charge in [0.05, 0.1) is 28.1 Å². The van der Waals surface area contributed by atoms with Crippen LogP contribution in [-0.4, -0.2) is 19.9 Å². The molecule has 242 valence electrons. The van der Waals surface area contributed by atoms with Crippen molar-refractivity contribution in [1.82, 2.24) is 19.9 Å². The Morgan fingerprint density at radius 1 is 0.365 bits per heavy atom. The summed E-state index contributed by atoms with van der Waals surface area (Å²) in [7, 11) is 0. The third-order valence-electron chi connectivity index (χ3n) is 9.94. The maximum absolute atomic E-state index is 5.30. The zero-order chi connectivity index (χ0) is 34.4. The van der Waals surface area contributed by atoms with E-state index in [0.29, 0.717) is 5.82 Å². The first-order valence-electron chi connectivity index (χ1n) is 17.5. The van der Waals surface area contributed by atoms with Crippen LogP contribution in [-0.2, 0) is 0 Å². The molecule has 0 fully saturated rings. The molecule has 0 amide bonds. The van der Waals surface area contributed by atoms with E-state index in [2.05, 4.69) is 146 Å². The summed E-state index contributed by atoms with van der Waals surface area (Å²) in [4.78, 5) is 20.6. The van der Waals surface area contributed by atoms with Gasteiger partial charge in [0.15, 0.2) is 5.82 Å². The van der Waals surface area contributed by atoms with Gasteiger partial charge in [0, 0.05) is 50.0 Å². The molecule has 0 unspecified atom stereocenters. The number of hydrogen-bond donors (Lipinski definition) is 0. The first-order valence-corrected chi connectivity index (χ1v) is 17.5. The minimum atomic E-state index is 0.672. The lowest BCUT2D eigenvalue weighted by Crippen LogP contribution is -1.98. The molecule has 0 spiro atoms. The fourth-order valence-corrected chi connectivity index (χ4v) is 7.43. The number of aromatic nitrogens is 4. The molecule has 0 radical (unpaired) electrons. The van der Waals surface area contributed by atoms with Gasteiger partial charge in [-0.2, -0.15) is 0 Å². The highest BCUT2D eigenvalue weighted by atomic mass is 14.9. The van der Waals surface area contributed by atoms with Gasteiger partial charge < -0.3 is 0 Å². The van der Waals surface area contributed by atoms with Gasteiger partial charge in [-0.1, -0.05) is 152 Å². The van der Waals surface area contributed by atoms with Crippen LogP contribution in [0.25, 0.3) is 99.6 Å². The zero-order valence-electron chi connectivity index (χ0n) is 28.1. The fourth-order valence-electron chi connectivity index (χ4n) is 7.43. The quantitative estimate of drug-likeness (QED) is 0.172. The van der Waals surface area contributed by atoms with Crippen molar-refractivity contribution in [2.75, 3.05) is 0 Å². The Balaban J connectivity index is 1.18. The summed E-state index contributed by atoms with van der Waals surface area (Å²) in [5, 5.41) is 6.88. The highest BCUT2D eigenvalue weighted by Gasteiger charge is 2.19. The normalized spacial score (nSPS) is 11.5. The summed E-state index contributed by atoms with van der Waals surface area (Å²) in [6.45, 7) is 0. The molecule has 4 nitrogen and oxygen atoms in total. The van der Waals surface area contributed by atoms with Crippen LogP contribution in [0.3, 0.4) is 0 Å². The van der Waals surface area contributed by atoms with E-state index < -0.39 is 0 Å². The largest absolute Gasteiger partial charge is 0.256 e. The topological polar surface area (TPSA) is 51.6 Å². The molecule has 10 rings (SSSR count). The lowest BCUT2D eigenvalue weighted by atomic mass is 9.93. The van der Waals surface area contributed by atoms with Crippen LogP contribution in [0.2, 0.25) is 0 Å². The van der Waals surface area contributed by atoms with Crippen LogP contribution in [0, 0.1) is 0 Å². The van der Waals surface area contributed by atoms with Crippen LogP contribution >= 0.6 is 0 Å². The molecular weight excluding hydrogens is 633 g/mol. The Labute approximate surface area is 300 Å². The highest BCUT2D eigenvalue weighted by molar-refractivity contribution is 6.23. The molecule has 4 heteroatoms. The Morgan fingerprint density at radius 3 is 1.83 bits per heavy atom. The molecule has 0 saturated heterocycles. The van der Waals surface area contributed by atoms with E-state index in [-0.39, 0.29) is 0 Å². The second-order valence-electron chi connectivity index (χ2n) is 13.0. The molecule has 0 aliphatic heterocycles. The van der Waals surface area contributed by atoms with E-state index >= 15 is 0 Å². The van der Waals surface area contributed by atoms with Crippen molar-refractivity contribution in [3.8, 4) is 56.3 Å². The average molecular weight is 663 g/mol. The van der Waals surface area contributed by atoms with Crippen LogP contribution < -0.4 is 0 Å². The van der Waals surface area contributed by atoms with Gasteiger partial charge in [0.2, 0.25) is 0 Å². The maximum atomic E-state index is 5.30. The van der Waals surface area contributed by atoms with E-state index in [9.17, 15) is 0 Å². The summed E-state index contributed by atoms with van der Waals surface area (Å²) in [5.41, 5.74) is 10.7. The average Bonchev–Trinajstić information content (AvgIpc) is 3.23. The molecule has 10 aromatic rings. The molecule has 7 aromatic carbocycles. The zero-order valence-corrected chi connectivity index (χ0v) is 28.1. The first kappa shape index (κ1) is 29.8. The van der Waals surface area contributed by atoms with Crippen LogP contribution in [0.1, 0.15) is 0 Å². The van der Waals surface area contributed by atoms with E-state index in [1.165, 1.54) is 21.7 Å². The smallest absolute Gasteiger partial charge is 0.160 e. The number of hydrogen-bond acceptors (Lipinski definition) is 4. The standard InChI is InChI=1S/C48H30N4/c1-3-12-31(13-4-1)32-21-23-35(24-22-32)48-51-43(34-15-5-2-6-16-34)30-44(52-48)37-27-28-41(46-38(37)19-11-29-49-46)47-40-26-25-33-14-7-8-17-36(33)45(40)39-18-9-10-20-42(39)50-47/h1-30H. The molecular formula is C48H30N4. The number of pyridine rings is 2. The van der Waals surface area contributed by atoms with Crippen LogP contribution in [0.5, 0.6) is 0 Å². The molecule has 0 aliphatic rings. The van der Waals surface area contributed by atoms with Gasteiger partial charge in [0.1, 0.15) is 0 Å². The van der Waals surface area contributed by atoms with E-state index in [1.807, 2.05) is 36.5 Å². The highest BCUT2D eigenvalue weighted by Crippen LogP contribution is 2.41. The lowest BCUT2D eigenvalue weighted by Gasteiger charge is -2.16. The van der Waals surface area contributed by atoms with Crippen LogP contribution in [0.4, 0.5) is 0 Å². The van der Waals surface area contributed by atoms with Crippen LogP contribution in [0.15, 0.2) is 182 Å². The molecule has 0 atom stereocenters. The first-order chi connectivity index (χ1) is 25.8. The van der Waals surface area contributed by atoms with Crippen molar-refractivity contribution in [2.24, 2.45) is 0 Å². The SMILES string of the molecule is c1ccc(-c2ccc(-c3nc(-c4ccccc4)cc(-c4ccc(-c5nc6ccccc6c6c5ccc5ccccc56)c5ncccc45)n3)cc2)cc1. The Kier molecular flexibility index (Phi) is 7.10. The summed E-state index contributed by atoms with van der Waals surface area (Å²) < 4.78 is 0. The minimum absolute atomic E-state index is 0.672. The minimum Gasteiger partial charge on any atom is -0.256 e. The number of rotatable bonds is 5. The predicted octanol–water partition coefficient (Wildman–Crippen LogP) is 12.2. The molecule has 0 saturated carbocycles.